The van der Waals surface area contributed by atoms with Crippen LogP contribution in [-0.2, 0) is 0 Å². The van der Waals surface area contributed by atoms with Gasteiger partial charge in [-0.15, -0.1) is 0 Å². The molecule has 0 amide bonds. The Balaban J connectivity index is 2.80. The average molecular weight is 262 g/mol. The molecule has 3 unspecified atom stereocenters. The summed E-state index contributed by atoms with van der Waals surface area (Å²) in [5, 5.41) is 11.0. The van der Waals surface area contributed by atoms with Crippen LogP contribution in [0.2, 0.25) is 10.0 Å². The smallest absolute Gasteiger partial charge is 0.0694 e. The van der Waals surface area contributed by atoms with E-state index in [2.05, 4.69) is 0 Å². The Morgan fingerprint density at radius 1 is 1.31 bits per heavy atom. The summed E-state index contributed by atoms with van der Waals surface area (Å²) in [7, 11) is 0. The lowest BCUT2D eigenvalue weighted by Gasteiger charge is -2.20. The summed E-state index contributed by atoms with van der Waals surface area (Å²) >= 11 is 12.0. The zero-order valence-corrected chi connectivity index (χ0v) is 11.0. The first-order valence-corrected chi connectivity index (χ1v) is 6.06. The van der Waals surface area contributed by atoms with E-state index in [0.29, 0.717) is 16.5 Å². The van der Waals surface area contributed by atoms with Crippen molar-refractivity contribution in [3.05, 3.63) is 33.8 Å². The van der Waals surface area contributed by atoms with Crippen LogP contribution in [0, 0.1) is 0 Å². The molecular formula is C12H17Cl2NO. The molecule has 0 bridgehead atoms. The molecule has 0 aliphatic heterocycles. The van der Waals surface area contributed by atoms with Crippen LogP contribution in [0.4, 0.5) is 0 Å². The van der Waals surface area contributed by atoms with Gasteiger partial charge in [0.1, 0.15) is 0 Å². The van der Waals surface area contributed by atoms with Crippen molar-refractivity contribution in [1.82, 2.24) is 0 Å². The van der Waals surface area contributed by atoms with Crippen LogP contribution in [0.5, 0.6) is 0 Å². The monoisotopic (exact) mass is 261 g/mol. The van der Waals surface area contributed by atoms with Crippen molar-refractivity contribution in [2.45, 2.75) is 38.3 Å². The van der Waals surface area contributed by atoms with Gasteiger partial charge in [0.05, 0.1) is 6.10 Å². The molecule has 0 radical (unpaired) electrons. The Morgan fingerprint density at radius 3 is 2.50 bits per heavy atom. The van der Waals surface area contributed by atoms with Crippen molar-refractivity contribution in [3.63, 3.8) is 0 Å². The Hall–Kier alpha value is -0.280. The number of hydrogen-bond donors (Lipinski definition) is 2. The third kappa shape index (κ3) is 3.63. The minimum atomic E-state index is -0.523. The summed E-state index contributed by atoms with van der Waals surface area (Å²) in [5.41, 5.74) is 6.57. The van der Waals surface area contributed by atoms with E-state index in [1.807, 2.05) is 13.0 Å². The third-order valence-electron chi connectivity index (χ3n) is 2.69. The third-order valence-corrected chi connectivity index (χ3v) is 3.27. The molecule has 1 rings (SSSR count). The highest BCUT2D eigenvalue weighted by atomic mass is 35.5. The molecule has 0 heterocycles. The Kier molecular flexibility index (Phi) is 5.06. The van der Waals surface area contributed by atoms with E-state index in [0.717, 1.165) is 5.56 Å². The van der Waals surface area contributed by atoms with E-state index in [1.54, 1.807) is 19.1 Å². The molecule has 0 fully saturated rings. The number of halogens is 2. The fourth-order valence-electron chi connectivity index (χ4n) is 1.60. The maximum atomic E-state index is 9.72. The van der Waals surface area contributed by atoms with E-state index >= 15 is 0 Å². The molecule has 0 saturated heterocycles. The molecule has 4 heteroatoms. The van der Waals surface area contributed by atoms with Crippen LogP contribution < -0.4 is 5.73 Å². The van der Waals surface area contributed by atoms with Crippen molar-refractivity contribution >= 4 is 23.2 Å². The highest BCUT2D eigenvalue weighted by molar-refractivity contribution is 6.33. The topological polar surface area (TPSA) is 46.2 Å². The van der Waals surface area contributed by atoms with Gasteiger partial charge in [-0.05, 0) is 43.0 Å². The van der Waals surface area contributed by atoms with Gasteiger partial charge in [0.2, 0.25) is 0 Å². The molecule has 0 aliphatic rings. The van der Waals surface area contributed by atoms with Gasteiger partial charge in [0, 0.05) is 16.1 Å². The van der Waals surface area contributed by atoms with Crippen molar-refractivity contribution in [2.75, 3.05) is 0 Å². The highest BCUT2D eigenvalue weighted by Crippen LogP contribution is 2.30. The van der Waals surface area contributed by atoms with E-state index in [-0.39, 0.29) is 12.0 Å². The lowest BCUT2D eigenvalue weighted by molar-refractivity contribution is 0.134. The molecule has 0 saturated carbocycles. The molecular weight excluding hydrogens is 245 g/mol. The van der Waals surface area contributed by atoms with Gasteiger partial charge >= 0.3 is 0 Å². The first-order valence-electron chi connectivity index (χ1n) is 5.30. The molecule has 16 heavy (non-hydrogen) atoms. The van der Waals surface area contributed by atoms with Crippen molar-refractivity contribution in [3.8, 4) is 0 Å². The Morgan fingerprint density at radius 2 is 1.94 bits per heavy atom. The lowest BCUT2D eigenvalue weighted by Crippen LogP contribution is -2.32. The number of rotatable bonds is 4. The van der Waals surface area contributed by atoms with Gasteiger partial charge in [-0.2, -0.15) is 0 Å². The summed E-state index contributed by atoms with van der Waals surface area (Å²) in [5.74, 6) is 0.132. The summed E-state index contributed by atoms with van der Waals surface area (Å²) in [4.78, 5) is 0. The molecule has 3 atom stereocenters. The van der Waals surface area contributed by atoms with E-state index < -0.39 is 6.10 Å². The summed E-state index contributed by atoms with van der Waals surface area (Å²) < 4.78 is 0. The highest BCUT2D eigenvalue weighted by Gasteiger charge is 2.17. The molecule has 0 spiro atoms. The van der Waals surface area contributed by atoms with Crippen LogP contribution in [-0.4, -0.2) is 17.3 Å². The Bertz CT molecular complexity index is 355. The fraction of sp³-hybridized carbons (Fsp3) is 0.500. The Labute approximate surface area is 106 Å². The summed E-state index contributed by atoms with van der Waals surface area (Å²) in [6.07, 6.45) is 0.0580. The fourth-order valence-corrected chi connectivity index (χ4v) is 2.08. The lowest BCUT2D eigenvalue weighted by atomic mass is 9.93. The van der Waals surface area contributed by atoms with Crippen LogP contribution >= 0.6 is 23.2 Å². The number of aliphatic hydroxyl groups is 1. The van der Waals surface area contributed by atoms with Crippen LogP contribution in [0.3, 0.4) is 0 Å². The number of nitrogens with two attached hydrogens (primary N) is 1. The standard InChI is InChI=1S/C12H17Cl2NO/c1-7(5-12(16)8(2)15)10-6-9(13)3-4-11(10)14/h3-4,6-8,12,16H,5,15H2,1-2H3. The average Bonchev–Trinajstić information content (AvgIpc) is 2.21. The molecule has 3 N–H and O–H groups in total. The predicted octanol–water partition coefficient (Wildman–Crippen LogP) is 3.20. The first-order chi connectivity index (χ1) is 7.41. The maximum absolute atomic E-state index is 9.72. The zero-order valence-electron chi connectivity index (χ0n) is 9.45. The van der Waals surface area contributed by atoms with Gasteiger partial charge in [-0.1, -0.05) is 30.1 Å². The van der Waals surface area contributed by atoms with Gasteiger partial charge in [0.25, 0.3) is 0 Å². The van der Waals surface area contributed by atoms with Crippen LogP contribution in [0.1, 0.15) is 31.7 Å². The maximum Gasteiger partial charge on any atom is 0.0694 e. The second-order valence-corrected chi connectivity index (χ2v) is 5.07. The molecule has 2 nitrogen and oxygen atoms in total. The van der Waals surface area contributed by atoms with Crippen LogP contribution in [0.25, 0.3) is 0 Å². The summed E-state index contributed by atoms with van der Waals surface area (Å²) in [6, 6.07) is 5.12. The predicted molar refractivity (Wildman–Crippen MR) is 69.2 cm³/mol. The largest absolute Gasteiger partial charge is 0.392 e. The zero-order chi connectivity index (χ0) is 12.3. The molecule has 90 valence electrons. The van der Waals surface area contributed by atoms with E-state index in [1.165, 1.54) is 0 Å². The normalized spacial score (nSPS) is 16.9. The minimum absolute atomic E-state index is 0.132. The molecule has 0 aliphatic carbocycles. The van der Waals surface area contributed by atoms with Crippen molar-refractivity contribution in [1.29, 1.82) is 0 Å². The van der Waals surface area contributed by atoms with Gasteiger partial charge in [-0.3, -0.25) is 0 Å². The quantitative estimate of drug-likeness (QED) is 0.875. The molecule has 1 aromatic carbocycles. The summed E-state index contributed by atoms with van der Waals surface area (Å²) in [6.45, 7) is 3.79. The molecule has 0 aromatic heterocycles. The van der Waals surface area contributed by atoms with E-state index in [9.17, 15) is 5.11 Å². The van der Waals surface area contributed by atoms with Gasteiger partial charge in [0.15, 0.2) is 0 Å². The minimum Gasteiger partial charge on any atom is -0.392 e. The van der Waals surface area contributed by atoms with Crippen molar-refractivity contribution < 1.29 is 5.11 Å². The number of aliphatic hydroxyl groups excluding tert-OH is 1. The SMILES string of the molecule is CC(CC(O)C(C)N)c1cc(Cl)ccc1Cl. The second-order valence-electron chi connectivity index (χ2n) is 4.23. The van der Waals surface area contributed by atoms with Gasteiger partial charge in [-0.25, -0.2) is 0 Å². The number of benzene rings is 1. The number of hydrogen-bond acceptors (Lipinski definition) is 2. The van der Waals surface area contributed by atoms with Gasteiger partial charge < -0.3 is 10.8 Å². The van der Waals surface area contributed by atoms with E-state index in [4.69, 9.17) is 28.9 Å². The van der Waals surface area contributed by atoms with Crippen molar-refractivity contribution in [2.24, 2.45) is 5.73 Å². The second kappa shape index (κ2) is 5.87. The van der Waals surface area contributed by atoms with Crippen LogP contribution in [0.15, 0.2) is 18.2 Å². The molecule has 1 aromatic rings. The first kappa shape index (κ1) is 13.8.